The molecule has 1 heteroatoms. The quantitative estimate of drug-likeness (QED) is 0.137. The van der Waals surface area contributed by atoms with Gasteiger partial charge in [-0.25, -0.2) is 0 Å². The summed E-state index contributed by atoms with van der Waals surface area (Å²) in [6, 6.07) is -19.1. The van der Waals surface area contributed by atoms with E-state index in [-0.39, 0.29) is 22.1 Å². The Morgan fingerprint density at radius 1 is 0.347 bits per heavy atom. The highest BCUT2D eigenvalue weighted by Crippen LogP contribution is 2.50. The SMILES string of the molecule is [2H]c1c([2H])c([2H])c(-c2ccc3c(-c4c5c([2H])c([2H])c([2H])c([2H])c5c(-c5c([2H])c([2H])c([2H])c([2H])c5[2H])c5c([2H])c([2H])c([2H])c([2H])c45)c(-c4c([2H])c([2H])c5c(c4[2H])c([2H])c([2H])c4c([2H])c([2H])c([2H])c([2H])c45)oc3c2)c([2H])c1[2H]. The zero-order valence-electron chi connectivity index (χ0n) is 51.6. The molecule has 0 saturated carbocycles. The molecule has 49 heavy (non-hydrogen) atoms. The third-order valence-corrected chi connectivity index (χ3v) is 8.14. The first-order valence-electron chi connectivity index (χ1n) is 28.1. The van der Waals surface area contributed by atoms with Gasteiger partial charge in [0.05, 0.1) is 37.0 Å². The van der Waals surface area contributed by atoms with Crippen LogP contribution in [0.25, 0.3) is 98.8 Å². The van der Waals surface area contributed by atoms with Gasteiger partial charge in [-0.2, -0.15) is 0 Å². The predicted octanol–water partition coefficient (Wildman–Crippen LogP) is 13.7. The molecule has 1 aromatic heterocycles. The molecular formula is C48H30O. The molecule has 0 unspecified atom stereocenters. The van der Waals surface area contributed by atoms with Crippen LogP contribution in [0.1, 0.15) is 37.0 Å². The Labute approximate surface area is 322 Å². The Morgan fingerprint density at radius 3 is 1.59 bits per heavy atom. The van der Waals surface area contributed by atoms with E-state index in [2.05, 4.69) is 0 Å². The van der Waals surface area contributed by atoms with Gasteiger partial charge in [-0.1, -0.05) is 163 Å². The van der Waals surface area contributed by atoms with Gasteiger partial charge < -0.3 is 4.42 Å². The minimum atomic E-state index is -0.941. The standard InChI is InChI=1S/C48H30O/c1-3-13-31(14-4-1)34-25-28-43-44(30-34)49-48(36-26-27-38-35(29-36)24-23-32-15-7-8-18-37(32)38)47(43)46-41-21-11-9-19-39(41)45(33-16-5-2-6-17-33)40-20-10-12-22-42(40)46/h1-30H/i1D,2D,3D,4D,5D,6D,7D,8D,9D,10D,11D,12D,13D,14D,15D,16D,17D,18D,19D,20D,21D,22D,23D,24D,26D,27D,29D. The minimum Gasteiger partial charge on any atom is -0.455 e. The maximum atomic E-state index is 9.83. The lowest BCUT2D eigenvalue weighted by Gasteiger charge is -2.18. The Bertz CT molecular complexity index is 4290. The molecule has 0 bridgehead atoms. The van der Waals surface area contributed by atoms with Crippen molar-refractivity contribution in [1.82, 2.24) is 0 Å². The van der Waals surface area contributed by atoms with Crippen LogP contribution in [0, 0.1) is 0 Å². The van der Waals surface area contributed by atoms with Gasteiger partial charge in [0.2, 0.25) is 0 Å². The summed E-state index contributed by atoms with van der Waals surface area (Å²) in [5.74, 6) is -0.683. The zero-order valence-corrected chi connectivity index (χ0v) is 24.6. The molecule has 10 rings (SSSR count). The molecule has 0 amide bonds. The van der Waals surface area contributed by atoms with Gasteiger partial charge in [-0.15, -0.1) is 0 Å². The van der Waals surface area contributed by atoms with Crippen molar-refractivity contribution in [1.29, 1.82) is 0 Å². The lowest BCUT2D eigenvalue weighted by Crippen LogP contribution is -1.91. The Balaban J connectivity index is 1.53. The van der Waals surface area contributed by atoms with Gasteiger partial charge >= 0.3 is 0 Å². The van der Waals surface area contributed by atoms with Gasteiger partial charge in [0.1, 0.15) is 11.3 Å². The molecule has 0 fully saturated rings. The third kappa shape index (κ3) is 4.40. The fraction of sp³-hybridized carbons (Fsp3) is 0. The molecule has 0 spiro atoms. The molecule has 0 radical (unpaired) electrons. The summed E-state index contributed by atoms with van der Waals surface area (Å²) in [5.41, 5.74) is -3.82. The van der Waals surface area contributed by atoms with Gasteiger partial charge in [-0.05, 0) is 83.5 Å². The van der Waals surface area contributed by atoms with Crippen LogP contribution in [0.3, 0.4) is 0 Å². The van der Waals surface area contributed by atoms with Crippen molar-refractivity contribution in [2.45, 2.75) is 0 Å². The monoisotopic (exact) mass is 649 g/mol. The van der Waals surface area contributed by atoms with E-state index in [0.717, 1.165) is 0 Å². The average molecular weight is 650 g/mol. The van der Waals surface area contributed by atoms with Crippen LogP contribution in [-0.4, -0.2) is 0 Å². The highest BCUT2D eigenvalue weighted by atomic mass is 16.3. The van der Waals surface area contributed by atoms with Gasteiger partial charge in [-0.3, -0.25) is 0 Å². The van der Waals surface area contributed by atoms with Gasteiger partial charge in [0.25, 0.3) is 0 Å². The van der Waals surface area contributed by atoms with Crippen molar-refractivity contribution in [3.8, 4) is 44.7 Å². The van der Waals surface area contributed by atoms with Gasteiger partial charge in [0, 0.05) is 22.1 Å². The normalized spacial score (nSPS) is 19.4. The van der Waals surface area contributed by atoms with E-state index < -0.39 is 240 Å². The highest BCUT2D eigenvalue weighted by molar-refractivity contribution is 6.25. The van der Waals surface area contributed by atoms with E-state index in [1.165, 1.54) is 18.2 Å². The summed E-state index contributed by atoms with van der Waals surface area (Å²) in [5, 5.41) is -4.76. The Morgan fingerprint density at radius 2 is 0.898 bits per heavy atom. The zero-order chi connectivity index (χ0) is 55.8. The minimum absolute atomic E-state index is 0.0868. The van der Waals surface area contributed by atoms with E-state index in [9.17, 15) is 11.0 Å². The number of benzene rings is 9. The maximum Gasteiger partial charge on any atom is 0.143 e. The second-order valence-corrected chi connectivity index (χ2v) is 10.8. The van der Waals surface area contributed by atoms with E-state index in [1.807, 2.05) is 0 Å². The lowest BCUT2D eigenvalue weighted by molar-refractivity contribution is 0.633. The van der Waals surface area contributed by atoms with Crippen molar-refractivity contribution >= 4 is 54.1 Å². The number of hydrogen-bond acceptors (Lipinski definition) is 1. The Kier molecular flexibility index (Phi) is 2.69. The molecule has 0 aliphatic heterocycles. The molecule has 1 nitrogen and oxygen atoms in total. The summed E-state index contributed by atoms with van der Waals surface area (Å²) in [4.78, 5) is 0. The van der Waals surface area contributed by atoms with Crippen LogP contribution in [0.2, 0.25) is 0 Å². The smallest absolute Gasteiger partial charge is 0.143 e. The number of fused-ring (bicyclic) bond motifs is 6. The summed E-state index contributed by atoms with van der Waals surface area (Å²) in [6.07, 6.45) is 0. The number of rotatable bonds is 4. The van der Waals surface area contributed by atoms with Crippen molar-refractivity contribution < 1.29 is 41.4 Å². The predicted molar refractivity (Wildman–Crippen MR) is 208 cm³/mol. The molecule has 0 aliphatic rings. The van der Waals surface area contributed by atoms with Crippen molar-refractivity contribution in [3.63, 3.8) is 0 Å². The van der Waals surface area contributed by atoms with Crippen LogP contribution in [0.5, 0.6) is 0 Å². The van der Waals surface area contributed by atoms with Gasteiger partial charge in [0.15, 0.2) is 0 Å². The molecule has 0 saturated heterocycles. The fourth-order valence-corrected chi connectivity index (χ4v) is 6.09. The third-order valence-electron chi connectivity index (χ3n) is 8.14. The van der Waals surface area contributed by atoms with Crippen LogP contribution >= 0.6 is 0 Å². The molecule has 9 aromatic carbocycles. The van der Waals surface area contributed by atoms with E-state index in [1.54, 1.807) is 0 Å². The highest BCUT2D eigenvalue weighted by Gasteiger charge is 2.24. The summed E-state index contributed by atoms with van der Waals surface area (Å²) in [6.45, 7) is 0. The van der Waals surface area contributed by atoms with Crippen molar-refractivity contribution in [2.75, 3.05) is 0 Å². The first-order chi connectivity index (χ1) is 35.5. The van der Waals surface area contributed by atoms with Crippen LogP contribution in [-0.2, 0) is 0 Å². The van der Waals surface area contributed by atoms with Crippen LogP contribution in [0.4, 0.5) is 0 Å². The second-order valence-electron chi connectivity index (χ2n) is 10.8. The van der Waals surface area contributed by atoms with E-state index in [0.29, 0.717) is 0 Å². The maximum absolute atomic E-state index is 9.83. The van der Waals surface area contributed by atoms with Crippen molar-refractivity contribution in [3.05, 3.63) is 181 Å². The van der Waals surface area contributed by atoms with E-state index >= 15 is 0 Å². The van der Waals surface area contributed by atoms with E-state index in [4.69, 9.17) is 30.5 Å². The average Bonchev–Trinajstić information content (AvgIpc) is 3.89. The summed E-state index contributed by atoms with van der Waals surface area (Å²) in [7, 11) is 0. The molecule has 228 valence electrons. The molecular weight excluding hydrogens is 593 g/mol. The molecule has 1 heterocycles. The number of furan rings is 1. The van der Waals surface area contributed by atoms with Crippen molar-refractivity contribution in [2.24, 2.45) is 0 Å². The second kappa shape index (κ2) is 11.1. The molecule has 0 N–H and O–H groups in total. The Hall–Kier alpha value is -6.44. The topological polar surface area (TPSA) is 13.1 Å². The first kappa shape index (κ1) is 11.9. The summed E-state index contributed by atoms with van der Waals surface area (Å²) < 4.78 is 248. The molecule has 0 aliphatic carbocycles. The first-order valence-corrected chi connectivity index (χ1v) is 14.6. The van der Waals surface area contributed by atoms with Crippen LogP contribution < -0.4 is 0 Å². The fourth-order valence-electron chi connectivity index (χ4n) is 6.09. The number of hydrogen-bond donors (Lipinski definition) is 0. The van der Waals surface area contributed by atoms with Crippen LogP contribution in [0.15, 0.2) is 186 Å². The summed E-state index contributed by atoms with van der Waals surface area (Å²) >= 11 is 0. The lowest BCUT2D eigenvalue weighted by atomic mass is 9.84. The molecule has 10 aromatic rings. The molecule has 0 atom stereocenters. The largest absolute Gasteiger partial charge is 0.455 e.